The molecule has 2 aliphatic rings. The number of ether oxygens (including phenoxy) is 1. The number of benzene rings is 2. The van der Waals surface area contributed by atoms with E-state index in [0.29, 0.717) is 24.6 Å². The summed E-state index contributed by atoms with van der Waals surface area (Å²) in [6, 6.07) is 12.4. The molecule has 2 fully saturated rings. The van der Waals surface area contributed by atoms with E-state index in [1.165, 1.54) is 11.0 Å². The normalized spacial score (nSPS) is 19.3. The number of halogens is 1. The van der Waals surface area contributed by atoms with Gasteiger partial charge in [-0.3, -0.25) is 9.69 Å². The second-order valence-electron chi connectivity index (χ2n) is 7.35. The predicted molar refractivity (Wildman–Crippen MR) is 105 cm³/mol. The summed E-state index contributed by atoms with van der Waals surface area (Å²) in [7, 11) is 0. The third-order valence-corrected chi connectivity index (χ3v) is 5.18. The number of carbonyl (C=O) groups is 2. The van der Waals surface area contributed by atoms with Gasteiger partial charge in [-0.1, -0.05) is 29.8 Å². The lowest BCUT2D eigenvalue weighted by Crippen LogP contribution is -2.27. The molecule has 0 aromatic heterocycles. The van der Waals surface area contributed by atoms with Gasteiger partial charge in [0, 0.05) is 6.54 Å². The molecule has 1 N–H and O–H groups in total. The smallest absolute Gasteiger partial charge is 0.414 e. The van der Waals surface area contributed by atoms with Gasteiger partial charge in [-0.2, -0.15) is 0 Å². The molecule has 0 spiro atoms. The molecular weight excluding hydrogens is 377 g/mol. The van der Waals surface area contributed by atoms with Crippen molar-refractivity contribution in [3.8, 4) is 0 Å². The molecule has 2 amide bonds. The van der Waals surface area contributed by atoms with Gasteiger partial charge in [0.05, 0.1) is 37.7 Å². The Kier molecular flexibility index (Phi) is 5.10. The van der Waals surface area contributed by atoms with Crippen molar-refractivity contribution in [2.75, 3.05) is 36.2 Å². The largest absolute Gasteiger partial charge is 0.441 e. The summed E-state index contributed by atoms with van der Waals surface area (Å²) in [5.41, 5.74) is 2.83. The number of amides is 2. The van der Waals surface area contributed by atoms with Gasteiger partial charge in [0.1, 0.15) is 11.9 Å². The topological polar surface area (TPSA) is 73.3 Å². The van der Waals surface area contributed by atoms with E-state index in [-0.39, 0.29) is 25.6 Å². The maximum Gasteiger partial charge on any atom is 0.414 e. The van der Waals surface area contributed by atoms with E-state index in [9.17, 15) is 14.0 Å². The van der Waals surface area contributed by atoms with Crippen molar-refractivity contribution >= 4 is 23.4 Å². The van der Waals surface area contributed by atoms with Crippen molar-refractivity contribution < 1.29 is 23.8 Å². The summed E-state index contributed by atoms with van der Waals surface area (Å²) in [4.78, 5) is 28.9. The molecule has 0 saturated carbocycles. The highest BCUT2D eigenvalue weighted by Gasteiger charge is 2.33. The van der Waals surface area contributed by atoms with E-state index in [2.05, 4.69) is 0 Å². The van der Waals surface area contributed by atoms with E-state index in [1.54, 1.807) is 21.9 Å². The van der Waals surface area contributed by atoms with Crippen LogP contribution in [0.1, 0.15) is 11.1 Å². The summed E-state index contributed by atoms with van der Waals surface area (Å²) >= 11 is 0. The van der Waals surface area contributed by atoms with Crippen molar-refractivity contribution in [1.29, 1.82) is 0 Å². The molecular formula is C21H22FN3O4. The second kappa shape index (κ2) is 7.71. The summed E-state index contributed by atoms with van der Waals surface area (Å²) in [5.74, 6) is -0.587. The van der Waals surface area contributed by atoms with Gasteiger partial charge in [-0.15, -0.1) is 0 Å². The van der Waals surface area contributed by atoms with Gasteiger partial charge in [0.25, 0.3) is 0 Å². The van der Waals surface area contributed by atoms with Crippen LogP contribution < -0.4 is 9.80 Å². The summed E-state index contributed by atoms with van der Waals surface area (Å²) in [6.07, 6.45) is -1.23. The Labute approximate surface area is 167 Å². The highest BCUT2D eigenvalue weighted by molar-refractivity contribution is 5.90. The first kappa shape index (κ1) is 19.2. The van der Waals surface area contributed by atoms with Gasteiger partial charge in [0.15, 0.2) is 0 Å². The number of aryl methyl sites for hydroxylation is 1. The molecule has 2 heterocycles. The molecule has 2 aromatic carbocycles. The molecule has 8 heteroatoms. The van der Waals surface area contributed by atoms with Crippen molar-refractivity contribution in [3.05, 3.63) is 59.4 Å². The number of carbonyl (C=O) groups excluding carboxylic acids is 2. The maximum atomic E-state index is 14.8. The lowest BCUT2D eigenvalue weighted by atomic mass is 10.1. The predicted octanol–water partition coefficient (Wildman–Crippen LogP) is 2.26. The summed E-state index contributed by atoms with van der Waals surface area (Å²) in [5, 5.41) is 9.14. The minimum atomic E-state index is -0.614. The molecule has 2 aromatic rings. The average Bonchev–Trinajstić information content (AvgIpc) is 3.26. The fourth-order valence-electron chi connectivity index (χ4n) is 3.56. The number of rotatable bonds is 5. The van der Waals surface area contributed by atoms with Crippen LogP contribution in [-0.2, 0) is 16.1 Å². The Morgan fingerprint density at radius 3 is 2.59 bits per heavy atom. The fourth-order valence-corrected chi connectivity index (χ4v) is 3.56. The molecule has 0 radical (unpaired) electrons. The molecule has 1 atom stereocenters. The summed E-state index contributed by atoms with van der Waals surface area (Å²) in [6.45, 7) is 2.75. The number of anilines is 2. The number of hydrogen-bond acceptors (Lipinski definition) is 5. The monoisotopic (exact) mass is 399 g/mol. The third-order valence-electron chi connectivity index (χ3n) is 5.18. The van der Waals surface area contributed by atoms with Crippen molar-refractivity contribution in [1.82, 2.24) is 4.90 Å². The number of cyclic esters (lactones) is 1. The van der Waals surface area contributed by atoms with Crippen LogP contribution in [0.4, 0.5) is 20.6 Å². The van der Waals surface area contributed by atoms with Crippen LogP contribution in [-0.4, -0.2) is 54.5 Å². The Balaban J connectivity index is 1.47. The maximum absolute atomic E-state index is 14.8. The van der Waals surface area contributed by atoms with Gasteiger partial charge in [-0.25, -0.2) is 9.18 Å². The first-order valence-corrected chi connectivity index (χ1v) is 9.41. The molecule has 152 valence electrons. The molecule has 0 bridgehead atoms. The lowest BCUT2D eigenvalue weighted by molar-refractivity contribution is -0.127. The quantitative estimate of drug-likeness (QED) is 0.835. The first-order valence-electron chi connectivity index (χ1n) is 9.41. The molecule has 0 aliphatic carbocycles. The van der Waals surface area contributed by atoms with Crippen LogP contribution in [0.2, 0.25) is 0 Å². The van der Waals surface area contributed by atoms with Crippen LogP contribution in [0.5, 0.6) is 0 Å². The Hall–Kier alpha value is -3.13. The third kappa shape index (κ3) is 3.88. The SMILES string of the molecule is Cc1ccc(CN2CN(c3ccc(N4C[C@H](CO)OC4=O)cc3F)CC2=O)cc1. The van der Waals surface area contributed by atoms with Gasteiger partial charge in [-0.05, 0) is 30.7 Å². The second-order valence-corrected chi connectivity index (χ2v) is 7.35. The Bertz CT molecular complexity index is 934. The van der Waals surface area contributed by atoms with E-state index in [4.69, 9.17) is 9.84 Å². The number of hydrogen-bond donors (Lipinski definition) is 1. The van der Waals surface area contributed by atoms with Crippen molar-refractivity contribution in [3.63, 3.8) is 0 Å². The molecule has 29 heavy (non-hydrogen) atoms. The molecule has 4 rings (SSSR count). The van der Waals surface area contributed by atoms with Gasteiger partial charge < -0.3 is 19.6 Å². The standard InChI is InChI=1S/C21H22FN3O4/c1-14-2-4-15(5-3-14)9-24-13-23(11-20(24)27)19-7-6-16(8-18(19)22)25-10-17(12-26)29-21(25)28/h2-8,17,26H,9-13H2,1H3/t17-/m1/s1. The van der Waals surface area contributed by atoms with Gasteiger partial charge in [0.2, 0.25) is 5.91 Å². The Morgan fingerprint density at radius 1 is 1.17 bits per heavy atom. The lowest BCUT2D eigenvalue weighted by Gasteiger charge is -2.21. The van der Waals surface area contributed by atoms with E-state index in [0.717, 1.165) is 11.1 Å². The average molecular weight is 399 g/mol. The van der Waals surface area contributed by atoms with Gasteiger partial charge >= 0.3 is 6.09 Å². The van der Waals surface area contributed by atoms with Crippen LogP contribution >= 0.6 is 0 Å². The molecule has 2 aliphatic heterocycles. The van der Waals surface area contributed by atoms with E-state index >= 15 is 0 Å². The highest BCUT2D eigenvalue weighted by Crippen LogP contribution is 2.29. The highest BCUT2D eigenvalue weighted by atomic mass is 19.1. The van der Waals surface area contributed by atoms with Crippen LogP contribution in [0.3, 0.4) is 0 Å². The first-order chi connectivity index (χ1) is 13.9. The Morgan fingerprint density at radius 2 is 1.93 bits per heavy atom. The van der Waals surface area contributed by atoms with E-state index in [1.807, 2.05) is 31.2 Å². The fraction of sp³-hybridized carbons (Fsp3) is 0.333. The zero-order valence-corrected chi connectivity index (χ0v) is 16.0. The minimum Gasteiger partial charge on any atom is -0.441 e. The molecule has 7 nitrogen and oxygen atoms in total. The van der Waals surface area contributed by atoms with Crippen LogP contribution in [0.25, 0.3) is 0 Å². The minimum absolute atomic E-state index is 0.0667. The number of nitrogens with zero attached hydrogens (tertiary/aromatic N) is 3. The zero-order chi connectivity index (χ0) is 20.5. The van der Waals surface area contributed by atoms with Crippen LogP contribution in [0, 0.1) is 12.7 Å². The van der Waals surface area contributed by atoms with Crippen molar-refractivity contribution in [2.24, 2.45) is 0 Å². The summed E-state index contributed by atoms with van der Waals surface area (Å²) < 4.78 is 19.8. The van der Waals surface area contributed by atoms with E-state index < -0.39 is 18.0 Å². The van der Waals surface area contributed by atoms with Crippen molar-refractivity contribution in [2.45, 2.75) is 19.6 Å². The zero-order valence-electron chi connectivity index (χ0n) is 16.0. The number of aliphatic hydroxyl groups excluding tert-OH is 1. The molecule has 0 unspecified atom stereocenters. The van der Waals surface area contributed by atoms with Crippen LogP contribution in [0.15, 0.2) is 42.5 Å². The number of aliphatic hydroxyl groups is 1. The molecule has 2 saturated heterocycles.